The van der Waals surface area contributed by atoms with Gasteiger partial charge in [0.05, 0.1) is 7.11 Å². The smallest absolute Gasteiger partial charge is 0.119 e. The van der Waals surface area contributed by atoms with Crippen LogP contribution in [0.25, 0.3) is 0 Å². The Labute approximate surface area is 129 Å². The van der Waals surface area contributed by atoms with Crippen molar-refractivity contribution in [2.75, 3.05) is 7.11 Å². The first kappa shape index (κ1) is 13.7. The zero-order chi connectivity index (χ0) is 13.9. The number of halogens is 1. The van der Waals surface area contributed by atoms with Gasteiger partial charge in [0.1, 0.15) is 5.75 Å². The molecule has 2 aromatic rings. The van der Waals surface area contributed by atoms with Gasteiger partial charge in [-0.1, -0.05) is 58.4 Å². The van der Waals surface area contributed by atoms with E-state index in [0.717, 1.165) is 24.0 Å². The standard InChI is InChI=1S/C18H19BrO/c1-20-15-9-5-6-13(10-15)11-18(19)17-12-16(17)14-7-3-2-4-8-14/h2-10,16-18H,11-12H2,1H3. The molecule has 0 radical (unpaired) electrons. The van der Waals surface area contributed by atoms with Crippen molar-refractivity contribution >= 4 is 15.9 Å². The van der Waals surface area contributed by atoms with E-state index in [2.05, 4.69) is 64.5 Å². The number of ether oxygens (including phenoxy) is 1. The lowest BCUT2D eigenvalue weighted by Crippen LogP contribution is -2.06. The van der Waals surface area contributed by atoms with Crippen LogP contribution in [0.4, 0.5) is 0 Å². The first-order valence-electron chi connectivity index (χ1n) is 7.10. The predicted molar refractivity (Wildman–Crippen MR) is 86.7 cm³/mol. The van der Waals surface area contributed by atoms with Crippen LogP contribution in [0.15, 0.2) is 54.6 Å². The molecule has 0 amide bonds. The Morgan fingerprint density at radius 1 is 1.15 bits per heavy atom. The summed E-state index contributed by atoms with van der Waals surface area (Å²) in [5.41, 5.74) is 2.82. The van der Waals surface area contributed by atoms with Gasteiger partial charge in [-0.2, -0.15) is 0 Å². The fourth-order valence-electron chi connectivity index (χ4n) is 2.87. The summed E-state index contributed by atoms with van der Waals surface area (Å²) < 4.78 is 5.29. The van der Waals surface area contributed by atoms with Crippen LogP contribution in [0.5, 0.6) is 5.75 Å². The van der Waals surface area contributed by atoms with E-state index < -0.39 is 0 Å². The summed E-state index contributed by atoms with van der Waals surface area (Å²) in [6.45, 7) is 0. The van der Waals surface area contributed by atoms with Gasteiger partial charge >= 0.3 is 0 Å². The van der Waals surface area contributed by atoms with E-state index >= 15 is 0 Å². The molecule has 0 bridgehead atoms. The third kappa shape index (κ3) is 3.06. The molecule has 0 heterocycles. The van der Waals surface area contributed by atoms with Gasteiger partial charge in [-0.3, -0.25) is 0 Å². The lowest BCUT2D eigenvalue weighted by molar-refractivity contribution is 0.414. The van der Waals surface area contributed by atoms with Crippen LogP contribution in [0.2, 0.25) is 0 Å². The van der Waals surface area contributed by atoms with Gasteiger partial charge in [0, 0.05) is 4.83 Å². The molecule has 1 nitrogen and oxygen atoms in total. The molecule has 3 rings (SSSR count). The summed E-state index contributed by atoms with van der Waals surface area (Å²) in [7, 11) is 1.72. The molecule has 0 saturated heterocycles. The molecular formula is C18H19BrO. The number of benzene rings is 2. The second-order valence-corrected chi connectivity index (χ2v) is 6.66. The zero-order valence-electron chi connectivity index (χ0n) is 11.6. The predicted octanol–water partition coefficient (Wildman–Crippen LogP) is 4.80. The lowest BCUT2D eigenvalue weighted by atomic mass is 10.0. The number of hydrogen-bond acceptors (Lipinski definition) is 1. The average molecular weight is 331 g/mol. The van der Waals surface area contributed by atoms with Crippen LogP contribution in [0, 0.1) is 5.92 Å². The molecule has 20 heavy (non-hydrogen) atoms. The van der Waals surface area contributed by atoms with E-state index in [1.54, 1.807) is 7.11 Å². The van der Waals surface area contributed by atoms with Crippen molar-refractivity contribution in [3.8, 4) is 5.75 Å². The number of methoxy groups -OCH3 is 1. The highest BCUT2D eigenvalue weighted by Crippen LogP contribution is 2.52. The minimum Gasteiger partial charge on any atom is -0.497 e. The van der Waals surface area contributed by atoms with Gasteiger partial charge in [-0.05, 0) is 47.9 Å². The van der Waals surface area contributed by atoms with Crippen LogP contribution in [-0.2, 0) is 6.42 Å². The molecule has 2 heteroatoms. The van der Waals surface area contributed by atoms with Gasteiger partial charge in [0.15, 0.2) is 0 Å². The summed E-state index contributed by atoms with van der Waals surface area (Å²) >= 11 is 3.88. The van der Waals surface area contributed by atoms with Crippen LogP contribution in [-0.4, -0.2) is 11.9 Å². The van der Waals surface area contributed by atoms with Crippen molar-refractivity contribution < 1.29 is 4.74 Å². The maximum Gasteiger partial charge on any atom is 0.119 e. The SMILES string of the molecule is COc1cccc(CC(Br)C2CC2c2ccccc2)c1. The highest BCUT2D eigenvalue weighted by Gasteiger charge is 2.42. The second kappa shape index (κ2) is 6.01. The first-order valence-corrected chi connectivity index (χ1v) is 8.01. The monoisotopic (exact) mass is 330 g/mol. The van der Waals surface area contributed by atoms with Crippen molar-refractivity contribution in [2.45, 2.75) is 23.6 Å². The maximum absolute atomic E-state index is 5.29. The Kier molecular flexibility index (Phi) is 4.11. The third-order valence-electron chi connectivity index (χ3n) is 4.10. The summed E-state index contributed by atoms with van der Waals surface area (Å²) in [5.74, 6) is 2.42. The quantitative estimate of drug-likeness (QED) is 0.715. The van der Waals surface area contributed by atoms with Gasteiger partial charge in [0.2, 0.25) is 0 Å². The largest absolute Gasteiger partial charge is 0.497 e. The Balaban J connectivity index is 1.62. The van der Waals surface area contributed by atoms with Crippen LogP contribution in [0.1, 0.15) is 23.5 Å². The van der Waals surface area contributed by atoms with Crippen LogP contribution >= 0.6 is 15.9 Å². The molecular weight excluding hydrogens is 312 g/mol. The topological polar surface area (TPSA) is 9.23 Å². The average Bonchev–Trinajstić information content (AvgIpc) is 3.29. The van der Waals surface area contributed by atoms with Crippen molar-refractivity contribution in [3.05, 3.63) is 65.7 Å². The summed E-state index contributed by atoms with van der Waals surface area (Å²) in [4.78, 5) is 0.541. The van der Waals surface area contributed by atoms with Crippen LogP contribution < -0.4 is 4.74 Å². The Morgan fingerprint density at radius 2 is 1.95 bits per heavy atom. The number of rotatable bonds is 5. The summed E-state index contributed by atoms with van der Waals surface area (Å²) in [5, 5.41) is 0. The van der Waals surface area contributed by atoms with E-state index in [0.29, 0.717) is 4.83 Å². The Bertz CT molecular complexity index is 567. The Hall–Kier alpha value is -1.28. The van der Waals surface area contributed by atoms with Crippen LogP contribution in [0.3, 0.4) is 0 Å². The third-order valence-corrected chi connectivity index (χ3v) is 5.10. The highest BCUT2D eigenvalue weighted by molar-refractivity contribution is 9.09. The molecule has 0 aliphatic heterocycles. The van der Waals surface area contributed by atoms with Gasteiger partial charge in [-0.15, -0.1) is 0 Å². The van der Waals surface area contributed by atoms with E-state index in [1.807, 2.05) is 6.07 Å². The fourth-order valence-corrected chi connectivity index (χ4v) is 3.83. The van der Waals surface area contributed by atoms with E-state index in [4.69, 9.17) is 4.74 Å². The molecule has 2 aromatic carbocycles. The number of hydrogen-bond donors (Lipinski definition) is 0. The maximum atomic E-state index is 5.29. The van der Waals surface area contributed by atoms with E-state index in [-0.39, 0.29) is 0 Å². The molecule has 1 aliphatic carbocycles. The zero-order valence-corrected chi connectivity index (χ0v) is 13.2. The van der Waals surface area contributed by atoms with Gasteiger partial charge in [-0.25, -0.2) is 0 Å². The van der Waals surface area contributed by atoms with Crippen molar-refractivity contribution in [3.63, 3.8) is 0 Å². The molecule has 3 unspecified atom stereocenters. The second-order valence-electron chi connectivity index (χ2n) is 5.49. The van der Waals surface area contributed by atoms with Crippen molar-refractivity contribution in [2.24, 2.45) is 5.92 Å². The molecule has 0 aromatic heterocycles. The highest BCUT2D eigenvalue weighted by atomic mass is 79.9. The molecule has 1 aliphatic rings. The van der Waals surface area contributed by atoms with E-state index in [9.17, 15) is 0 Å². The Morgan fingerprint density at radius 3 is 2.70 bits per heavy atom. The molecule has 3 atom stereocenters. The molecule has 1 fully saturated rings. The first-order chi connectivity index (χ1) is 9.78. The normalized spacial score (nSPS) is 22.3. The van der Waals surface area contributed by atoms with Gasteiger partial charge < -0.3 is 4.74 Å². The molecule has 104 valence electrons. The molecule has 0 spiro atoms. The minimum absolute atomic E-state index is 0.541. The minimum atomic E-state index is 0.541. The number of alkyl halides is 1. The molecule has 1 saturated carbocycles. The summed E-state index contributed by atoms with van der Waals surface area (Å²) in [6, 6.07) is 19.2. The fraction of sp³-hybridized carbons (Fsp3) is 0.333. The van der Waals surface area contributed by atoms with Crippen molar-refractivity contribution in [1.82, 2.24) is 0 Å². The lowest BCUT2D eigenvalue weighted by Gasteiger charge is -2.11. The van der Waals surface area contributed by atoms with E-state index in [1.165, 1.54) is 17.5 Å². The van der Waals surface area contributed by atoms with Crippen molar-refractivity contribution in [1.29, 1.82) is 0 Å². The summed E-state index contributed by atoms with van der Waals surface area (Å²) in [6.07, 6.45) is 2.36. The van der Waals surface area contributed by atoms with Gasteiger partial charge in [0.25, 0.3) is 0 Å². The molecule has 0 N–H and O–H groups in total.